The van der Waals surface area contributed by atoms with E-state index >= 15 is 4.39 Å². The molecule has 0 atom stereocenters. The van der Waals surface area contributed by atoms with E-state index in [2.05, 4.69) is 4.74 Å². The van der Waals surface area contributed by atoms with E-state index < -0.39 is 59.1 Å². The van der Waals surface area contributed by atoms with E-state index in [0.717, 1.165) is 0 Å². The van der Waals surface area contributed by atoms with Gasteiger partial charge in [-0.15, -0.1) is 0 Å². The molecular weight excluding hydrogens is 398 g/mol. The summed E-state index contributed by atoms with van der Waals surface area (Å²) in [6.07, 6.45) is -6.22. The number of alkyl halides is 3. The number of esters is 1. The minimum absolute atomic E-state index is 0.0265. The Morgan fingerprint density at radius 3 is 2.14 bits per heavy atom. The summed E-state index contributed by atoms with van der Waals surface area (Å²) in [5.74, 6) is -4.52. The predicted molar refractivity (Wildman–Crippen MR) is 95.9 cm³/mol. The molecule has 8 heteroatoms. The Kier molecular flexibility index (Phi) is 6.65. The minimum atomic E-state index is -5.10. The molecule has 2 aromatic rings. The summed E-state index contributed by atoms with van der Waals surface area (Å²) in [5, 5.41) is 0. The van der Waals surface area contributed by atoms with Crippen LogP contribution >= 0.6 is 0 Å². The van der Waals surface area contributed by atoms with Crippen LogP contribution in [0.5, 0.6) is 0 Å². The third-order valence-electron chi connectivity index (χ3n) is 4.63. The highest BCUT2D eigenvalue weighted by Crippen LogP contribution is 2.40. The highest BCUT2D eigenvalue weighted by molar-refractivity contribution is 5.74. The third kappa shape index (κ3) is 4.57. The van der Waals surface area contributed by atoms with Gasteiger partial charge in [-0.05, 0) is 62.4 Å². The van der Waals surface area contributed by atoms with Gasteiger partial charge in [-0.2, -0.15) is 13.2 Å². The van der Waals surface area contributed by atoms with E-state index in [-0.39, 0.29) is 23.3 Å². The van der Waals surface area contributed by atoms with Gasteiger partial charge < -0.3 is 4.74 Å². The molecule has 0 aliphatic rings. The molecule has 0 amide bonds. The van der Waals surface area contributed by atoms with Crippen molar-refractivity contribution >= 4 is 5.97 Å². The lowest BCUT2D eigenvalue weighted by Crippen LogP contribution is -2.15. The number of benzene rings is 2. The summed E-state index contributed by atoms with van der Waals surface area (Å²) < 4.78 is 88.9. The molecule has 0 aliphatic heterocycles. The van der Waals surface area contributed by atoms with Gasteiger partial charge in [0.25, 0.3) is 0 Å². The quantitative estimate of drug-likeness (QED) is 0.426. The van der Waals surface area contributed by atoms with Crippen molar-refractivity contribution in [3.63, 3.8) is 0 Å². The fourth-order valence-corrected chi connectivity index (χ4v) is 3.34. The number of halogens is 6. The van der Waals surface area contributed by atoms with Crippen molar-refractivity contribution < 1.29 is 35.9 Å². The number of carbonyl (C=O) groups is 1. The topological polar surface area (TPSA) is 26.3 Å². The Hall–Kier alpha value is -2.51. The summed E-state index contributed by atoms with van der Waals surface area (Å²) >= 11 is 0. The van der Waals surface area contributed by atoms with Crippen LogP contribution in [0.2, 0.25) is 0 Å². The maximum atomic E-state index is 15.1. The number of aryl methyl sites for hydroxylation is 2. The van der Waals surface area contributed by atoms with Gasteiger partial charge in [-0.25, -0.2) is 13.2 Å². The largest absolute Gasteiger partial charge is 0.466 e. The van der Waals surface area contributed by atoms with Crippen LogP contribution in [0.4, 0.5) is 26.3 Å². The SMILES string of the molecule is CCOC(=O)CCc1c(F)c(-c2c(C)cc(C)c(F)c2C)cc(C(F)(F)F)c1F. The van der Waals surface area contributed by atoms with Crippen molar-refractivity contribution in [3.05, 3.63) is 57.4 Å². The number of ether oxygens (including phenoxy) is 1. The smallest absolute Gasteiger partial charge is 0.419 e. The predicted octanol–water partition coefficient (Wildman–Crippen LogP) is 6.21. The molecule has 158 valence electrons. The van der Waals surface area contributed by atoms with Crippen molar-refractivity contribution in [2.24, 2.45) is 0 Å². The zero-order valence-corrected chi connectivity index (χ0v) is 16.4. The maximum Gasteiger partial charge on any atom is 0.419 e. The lowest BCUT2D eigenvalue weighted by atomic mass is 9.89. The van der Waals surface area contributed by atoms with Crippen molar-refractivity contribution in [1.82, 2.24) is 0 Å². The summed E-state index contributed by atoms with van der Waals surface area (Å²) in [6.45, 7) is 5.85. The monoisotopic (exact) mass is 418 g/mol. The van der Waals surface area contributed by atoms with Gasteiger partial charge in [-0.3, -0.25) is 4.79 Å². The van der Waals surface area contributed by atoms with Crippen LogP contribution in [-0.4, -0.2) is 12.6 Å². The normalized spacial score (nSPS) is 11.7. The molecule has 29 heavy (non-hydrogen) atoms. The van der Waals surface area contributed by atoms with Crippen LogP contribution in [0, 0.1) is 38.2 Å². The molecule has 0 aliphatic carbocycles. The number of hydrogen-bond acceptors (Lipinski definition) is 2. The Bertz CT molecular complexity index is 948. The van der Waals surface area contributed by atoms with Crippen molar-refractivity contribution in [2.75, 3.05) is 6.61 Å². The molecule has 0 N–H and O–H groups in total. The molecule has 0 bridgehead atoms. The first-order chi connectivity index (χ1) is 13.4. The van der Waals surface area contributed by atoms with Gasteiger partial charge in [0.1, 0.15) is 17.5 Å². The van der Waals surface area contributed by atoms with Crippen LogP contribution in [-0.2, 0) is 22.1 Å². The first-order valence-corrected chi connectivity index (χ1v) is 8.90. The Morgan fingerprint density at radius 1 is 0.966 bits per heavy atom. The van der Waals surface area contributed by atoms with Crippen LogP contribution in [0.25, 0.3) is 11.1 Å². The average molecular weight is 418 g/mol. The molecule has 0 saturated heterocycles. The third-order valence-corrected chi connectivity index (χ3v) is 4.63. The fraction of sp³-hybridized carbons (Fsp3) is 0.381. The minimum Gasteiger partial charge on any atom is -0.466 e. The van der Waals surface area contributed by atoms with E-state index in [4.69, 9.17) is 0 Å². The summed E-state index contributed by atoms with van der Waals surface area (Å²) in [6, 6.07) is 1.73. The van der Waals surface area contributed by atoms with E-state index in [1.807, 2.05) is 0 Å². The second-order valence-corrected chi connectivity index (χ2v) is 6.71. The van der Waals surface area contributed by atoms with Gasteiger partial charge in [0.2, 0.25) is 0 Å². The Balaban J connectivity index is 2.76. The van der Waals surface area contributed by atoms with E-state index in [1.54, 1.807) is 0 Å². The molecule has 0 radical (unpaired) electrons. The molecule has 0 unspecified atom stereocenters. The Labute approximate surface area is 164 Å². The molecular formula is C21H20F6O2. The van der Waals surface area contributed by atoms with E-state index in [9.17, 15) is 26.7 Å². The molecule has 0 saturated carbocycles. The molecule has 2 aromatic carbocycles. The lowest BCUT2D eigenvalue weighted by Gasteiger charge is -2.19. The zero-order chi connectivity index (χ0) is 22.1. The first-order valence-electron chi connectivity index (χ1n) is 8.90. The summed E-state index contributed by atoms with van der Waals surface area (Å²) in [5.41, 5.74) is -2.64. The number of hydrogen-bond donors (Lipinski definition) is 0. The van der Waals surface area contributed by atoms with Gasteiger partial charge in [0.05, 0.1) is 12.2 Å². The standard InChI is InChI=1S/C21H20F6O2/c1-5-29-16(28)7-6-13-19(23)14(9-15(20(13)24)21(25,26)27)17-10(2)8-11(3)18(22)12(17)4/h8-9H,5-7H2,1-4H3. The average Bonchev–Trinajstić information content (AvgIpc) is 2.60. The molecule has 0 spiro atoms. The second-order valence-electron chi connectivity index (χ2n) is 6.71. The fourth-order valence-electron chi connectivity index (χ4n) is 3.34. The summed E-state index contributed by atoms with van der Waals surface area (Å²) in [4.78, 5) is 11.5. The van der Waals surface area contributed by atoms with Crippen molar-refractivity contribution in [3.8, 4) is 11.1 Å². The van der Waals surface area contributed by atoms with E-state index in [0.29, 0.717) is 11.6 Å². The number of rotatable bonds is 5. The molecule has 2 nitrogen and oxygen atoms in total. The van der Waals surface area contributed by atoms with Gasteiger partial charge in [0, 0.05) is 17.5 Å². The van der Waals surface area contributed by atoms with Crippen molar-refractivity contribution in [2.45, 2.75) is 46.7 Å². The van der Waals surface area contributed by atoms with E-state index in [1.165, 1.54) is 33.8 Å². The molecule has 2 rings (SSSR count). The molecule has 0 aromatic heterocycles. The molecule has 0 fully saturated rings. The lowest BCUT2D eigenvalue weighted by molar-refractivity contribution is -0.143. The first kappa shape index (κ1) is 22.8. The highest BCUT2D eigenvalue weighted by atomic mass is 19.4. The number of carbonyl (C=O) groups excluding carboxylic acids is 1. The van der Waals surface area contributed by atoms with Gasteiger partial charge in [0.15, 0.2) is 0 Å². The maximum absolute atomic E-state index is 15.1. The van der Waals surface area contributed by atoms with Crippen LogP contribution < -0.4 is 0 Å². The van der Waals surface area contributed by atoms with Crippen LogP contribution in [0.15, 0.2) is 12.1 Å². The van der Waals surface area contributed by atoms with Crippen molar-refractivity contribution in [1.29, 1.82) is 0 Å². The van der Waals surface area contributed by atoms with Crippen LogP contribution in [0.3, 0.4) is 0 Å². The van der Waals surface area contributed by atoms with Gasteiger partial charge in [-0.1, -0.05) is 6.07 Å². The Morgan fingerprint density at radius 2 is 1.59 bits per heavy atom. The van der Waals surface area contributed by atoms with Gasteiger partial charge >= 0.3 is 12.1 Å². The second kappa shape index (κ2) is 8.47. The highest BCUT2D eigenvalue weighted by Gasteiger charge is 2.37. The summed E-state index contributed by atoms with van der Waals surface area (Å²) in [7, 11) is 0. The zero-order valence-electron chi connectivity index (χ0n) is 16.4. The molecule has 0 heterocycles. The van der Waals surface area contributed by atoms with Crippen LogP contribution in [0.1, 0.15) is 41.2 Å².